The molecule has 5 heteroatoms. The molecule has 0 aliphatic rings. The molecule has 0 aromatic heterocycles. The summed E-state index contributed by atoms with van der Waals surface area (Å²) < 4.78 is 29.4. The van der Waals surface area contributed by atoms with Gasteiger partial charge in [0.2, 0.25) is 10.0 Å². The lowest BCUT2D eigenvalue weighted by atomic mass is 9.86. The first kappa shape index (κ1) is 18.0. The highest BCUT2D eigenvalue weighted by atomic mass is 32.2. The van der Waals surface area contributed by atoms with Gasteiger partial charge in [0.05, 0.1) is 11.0 Å². The van der Waals surface area contributed by atoms with Crippen molar-refractivity contribution in [1.29, 1.82) is 0 Å². The van der Waals surface area contributed by atoms with E-state index in [0.29, 0.717) is 5.56 Å². The van der Waals surface area contributed by atoms with E-state index < -0.39 is 10.0 Å². The zero-order valence-electron chi connectivity index (χ0n) is 13.9. The molecule has 21 heavy (non-hydrogen) atoms. The van der Waals surface area contributed by atoms with Crippen molar-refractivity contribution < 1.29 is 13.2 Å². The number of primary sulfonamides is 1. The van der Waals surface area contributed by atoms with Crippen LogP contribution in [0.25, 0.3) is 0 Å². The van der Waals surface area contributed by atoms with E-state index in [9.17, 15) is 8.42 Å². The third kappa shape index (κ3) is 4.71. The van der Waals surface area contributed by atoms with E-state index >= 15 is 0 Å². The highest BCUT2D eigenvalue weighted by Gasteiger charge is 2.24. The molecule has 0 saturated carbocycles. The maximum absolute atomic E-state index is 11.7. The lowest BCUT2D eigenvalue weighted by molar-refractivity contribution is 0.205. The van der Waals surface area contributed by atoms with Gasteiger partial charge in [-0.1, -0.05) is 34.1 Å². The van der Waals surface area contributed by atoms with Crippen molar-refractivity contribution in [1.82, 2.24) is 0 Å². The van der Waals surface area contributed by atoms with Crippen LogP contribution in [0.15, 0.2) is 17.0 Å². The molecule has 0 radical (unpaired) electrons. The van der Waals surface area contributed by atoms with E-state index in [4.69, 9.17) is 9.88 Å². The molecule has 1 atom stereocenters. The average Bonchev–Trinajstić information content (AvgIpc) is 2.25. The Kier molecular flexibility index (Phi) is 5.45. The predicted octanol–water partition coefficient (Wildman–Crippen LogP) is 3.51. The highest BCUT2D eigenvalue weighted by molar-refractivity contribution is 7.89. The van der Waals surface area contributed by atoms with E-state index in [2.05, 4.69) is 6.92 Å². The summed E-state index contributed by atoms with van der Waals surface area (Å²) in [7, 11) is -3.73. The van der Waals surface area contributed by atoms with Crippen molar-refractivity contribution in [3.8, 4) is 5.75 Å². The number of ether oxygens (including phenoxy) is 1. The first-order valence-electron chi connectivity index (χ1n) is 7.31. The number of aryl methyl sites for hydroxylation is 1. The Labute approximate surface area is 128 Å². The molecule has 0 aliphatic carbocycles. The zero-order chi connectivity index (χ0) is 16.4. The molecule has 2 N–H and O–H groups in total. The van der Waals surface area contributed by atoms with Crippen molar-refractivity contribution in [2.45, 2.75) is 70.8 Å². The van der Waals surface area contributed by atoms with Crippen LogP contribution < -0.4 is 9.88 Å². The molecule has 0 heterocycles. The Bertz CT molecular complexity index is 601. The van der Waals surface area contributed by atoms with Crippen LogP contribution in [-0.4, -0.2) is 14.5 Å². The topological polar surface area (TPSA) is 69.4 Å². The van der Waals surface area contributed by atoms with E-state index in [1.807, 2.05) is 27.7 Å². The Morgan fingerprint density at radius 3 is 2.29 bits per heavy atom. The number of sulfonamides is 1. The molecule has 0 amide bonds. The molecule has 4 nitrogen and oxygen atoms in total. The van der Waals surface area contributed by atoms with Crippen molar-refractivity contribution in [3.63, 3.8) is 0 Å². The molecular formula is C16H27NO3S. The lowest BCUT2D eigenvalue weighted by Gasteiger charge is -2.26. The van der Waals surface area contributed by atoms with Gasteiger partial charge in [-0.3, -0.25) is 0 Å². The predicted molar refractivity (Wildman–Crippen MR) is 86.3 cm³/mol. The Hall–Kier alpha value is -1.07. The second-order valence-electron chi connectivity index (χ2n) is 6.63. The number of benzene rings is 1. The molecule has 0 bridgehead atoms. The summed E-state index contributed by atoms with van der Waals surface area (Å²) >= 11 is 0. The van der Waals surface area contributed by atoms with Gasteiger partial charge in [0.15, 0.2) is 0 Å². The van der Waals surface area contributed by atoms with Crippen LogP contribution in [0, 0.1) is 6.92 Å². The van der Waals surface area contributed by atoms with Crippen LogP contribution in [-0.2, 0) is 15.4 Å². The van der Waals surface area contributed by atoms with Gasteiger partial charge in [0.1, 0.15) is 5.75 Å². The van der Waals surface area contributed by atoms with Gasteiger partial charge in [-0.25, -0.2) is 13.6 Å². The fraction of sp³-hybridized carbons (Fsp3) is 0.625. The monoisotopic (exact) mass is 313 g/mol. The minimum Gasteiger partial charge on any atom is -0.490 e. The molecular weight excluding hydrogens is 286 g/mol. The number of rotatable bonds is 5. The summed E-state index contributed by atoms with van der Waals surface area (Å²) in [4.78, 5) is 0.169. The maximum atomic E-state index is 11.7. The summed E-state index contributed by atoms with van der Waals surface area (Å²) in [6, 6.07) is 3.44. The van der Waals surface area contributed by atoms with Gasteiger partial charge in [-0.2, -0.15) is 0 Å². The van der Waals surface area contributed by atoms with E-state index in [1.165, 1.54) is 0 Å². The molecule has 120 valence electrons. The molecule has 1 aromatic rings. The van der Waals surface area contributed by atoms with Gasteiger partial charge in [0, 0.05) is 5.56 Å². The summed E-state index contributed by atoms with van der Waals surface area (Å²) in [6.45, 7) is 12.0. The van der Waals surface area contributed by atoms with Gasteiger partial charge in [-0.15, -0.1) is 0 Å². The standard InChI is InChI=1S/C16H27NO3S/c1-7-8-12(3)20-14-9-11(2)15(21(17,18)19)10-13(14)16(4,5)6/h9-10,12H,7-8H2,1-6H3,(H2,17,18,19). The van der Waals surface area contributed by atoms with Crippen molar-refractivity contribution in [2.24, 2.45) is 5.14 Å². The largest absolute Gasteiger partial charge is 0.490 e. The minimum absolute atomic E-state index is 0.0934. The van der Waals surface area contributed by atoms with Crippen LogP contribution in [0.3, 0.4) is 0 Å². The molecule has 0 spiro atoms. The molecule has 1 aromatic carbocycles. The number of hydrogen-bond acceptors (Lipinski definition) is 3. The second-order valence-corrected chi connectivity index (χ2v) is 8.16. The quantitative estimate of drug-likeness (QED) is 0.904. The Balaban J connectivity index is 3.41. The Morgan fingerprint density at radius 1 is 1.29 bits per heavy atom. The summed E-state index contributed by atoms with van der Waals surface area (Å²) in [6.07, 6.45) is 2.09. The van der Waals surface area contributed by atoms with E-state index in [-0.39, 0.29) is 16.4 Å². The first-order chi connectivity index (χ1) is 9.46. The van der Waals surface area contributed by atoms with Crippen molar-refractivity contribution in [3.05, 3.63) is 23.3 Å². The molecule has 1 rings (SSSR count). The first-order valence-corrected chi connectivity index (χ1v) is 8.86. The molecule has 0 aliphatic heterocycles. The Morgan fingerprint density at radius 2 is 1.86 bits per heavy atom. The fourth-order valence-corrected chi connectivity index (χ4v) is 3.12. The van der Waals surface area contributed by atoms with Crippen molar-refractivity contribution in [2.75, 3.05) is 0 Å². The van der Waals surface area contributed by atoms with Crippen LogP contribution in [0.5, 0.6) is 5.75 Å². The van der Waals surface area contributed by atoms with Crippen molar-refractivity contribution >= 4 is 10.0 Å². The second kappa shape index (κ2) is 6.36. The SMILES string of the molecule is CCCC(C)Oc1cc(C)c(S(N)(=O)=O)cc1C(C)(C)C. The van der Waals surface area contributed by atoms with Gasteiger partial charge in [-0.05, 0) is 43.4 Å². The summed E-state index contributed by atoms with van der Waals surface area (Å²) in [5.74, 6) is 0.744. The third-order valence-corrected chi connectivity index (χ3v) is 4.47. The van der Waals surface area contributed by atoms with Gasteiger partial charge < -0.3 is 4.74 Å². The number of hydrogen-bond donors (Lipinski definition) is 1. The molecule has 0 saturated heterocycles. The van der Waals surface area contributed by atoms with Crippen LogP contribution in [0.1, 0.15) is 58.6 Å². The van der Waals surface area contributed by atoms with Crippen LogP contribution in [0.4, 0.5) is 0 Å². The highest BCUT2D eigenvalue weighted by Crippen LogP contribution is 2.35. The molecule has 1 unspecified atom stereocenters. The number of nitrogens with two attached hydrogens (primary N) is 1. The lowest BCUT2D eigenvalue weighted by Crippen LogP contribution is -2.20. The zero-order valence-corrected chi connectivity index (χ0v) is 14.7. The van der Waals surface area contributed by atoms with E-state index in [1.54, 1.807) is 19.1 Å². The van der Waals surface area contributed by atoms with Crippen LogP contribution in [0.2, 0.25) is 0 Å². The van der Waals surface area contributed by atoms with Gasteiger partial charge in [0.25, 0.3) is 0 Å². The summed E-state index contributed by atoms with van der Waals surface area (Å²) in [5, 5.41) is 5.30. The van der Waals surface area contributed by atoms with Gasteiger partial charge >= 0.3 is 0 Å². The third-order valence-electron chi connectivity index (χ3n) is 3.42. The summed E-state index contributed by atoms with van der Waals surface area (Å²) in [5.41, 5.74) is 1.25. The van der Waals surface area contributed by atoms with E-state index in [0.717, 1.165) is 24.2 Å². The minimum atomic E-state index is -3.73. The average molecular weight is 313 g/mol. The smallest absolute Gasteiger partial charge is 0.238 e. The molecule has 0 fully saturated rings. The maximum Gasteiger partial charge on any atom is 0.238 e. The van der Waals surface area contributed by atoms with Crippen LogP contribution >= 0.6 is 0 Å². The fourth-order valence-electron chi connectivity index (χ4n) is 2.33. The normalized spacial score (nSPS) is 14.0.